The van der Waals surface area contributed by atoms with Crippen molar-refractivity contribution in [2.75, 3.05) is 13.1 Å². The molecule has 2 fully saturated rings. The minimum Gasteiger partial charge on any atom is -0.365 e. The molecule has 0 saturated carbocycles. The summed E-state index contributed by atoms with van der Waals surface area (Å²) in [4.78, 5) is 14.2. The van der Waals surface area contributed by atoms with Crippen molar-refractivity contribution in [2.45, 2.75) is 57.8 Å². The summed E-state index contributed by atoms with van der Waals surface area (Å²) >= 11 is 0. The van der Waals surface area contributed by atoms with Crippen LogP contribution in [0.1, 0.15) is 39.5 Å². The second kappa shape index (κ2) is 5.36. The largest absolute Gasteiger partial charge is 0.365 e. The van der Waals surface area contributed by atoms with Crippen LogP contribution in [0.25, 0.3) is 0 Å². The Bertz CT molecular complexity index is 273. The minimum absolute atomic E-state index is 0.183. The number of carbonyl (C=O) groups excluding carboxylic acids is 1. The van der Waals surface area contributed by atoms with Crippen molar-refractivity contribution < 1.29 is 9.53 Å². The van der Waals surface area contributed by atoms with Gasteiger partial charge in [0, 0.05) is 19.1 Å². The Labute approximate surface area is 103 Å². The van der Waals surface area contributed by atoms with Crippen molar-refractivity contribution >= 4 is 5.91 Å². The Morgan fingerprint density at radius 3 is 2.41 bits per heavy atom. The highest BCUT2D eigenvalue weighted by atomic mass is 16.5. The van der Waals surface area contributed by atoms with Gasteiger partial charge in [-0.3, -0.25) is 4.79 Å². The van der Waals surface area contributed by atoms with Crippen molar-refractivity contribution in [3.63, 3.8) is 0 Å². The molecule has 2 heterocycles. The van der Waals surface area contributed by atoms with E-state index in [-0.39, 0.29) is 24.2 Å². The van der Waals surface area contributed by atoms with E-state index < -0.39 is 0 Å². The zero-order chi connectivity index (χ0) is 12.4. The van der Waals surface area contributed by atoms with Gasteiger partial charge in [0.15, 0.2) is 0 Å². The molecule has 98 valence electrons. The lowest BCUT2D eigenvalue weighted by atomic mass is 9.91. The lowest BCUT2D eigenvalue weighted by molar-refractivity contribution is -0.144. The van der Waals surface area contributed by atoms with Crippen molar-refractivity contribution in [3.05, 3.63) is 0 Å². The molecular weight excluding hydrogens is 216 g/mol. The molecule has 0 aliphatic carbocycles. The maximum Gasteiger partial charge on any atom is 0.251 e. The number of ether oxygens (including phenoxy) is 1. The van der Waals surface area contributed by atoms with Gasteiger partial charge < -0.3 is 15.4 Å². The molecule has 17 heavy (non-hydrogen) atoms. The SMILES string of the molecule is CC1CCC(C(=O)N2CCC(C(C)N)CC2)O1. The lowest BCUT2D eigenvalue weighted by Crippen LogP contribution is -2.46. The van der Waals surface area contributed by atoms with Gasteiger partial charge in [-0.2, -0.15) is 0 Å². The first kappa shape index (κ1) is 12.8. The van der Waals surface area contributed by atoms with Gasteiger partial charge in [-0.15, -0.1) is 0 Å². The van der Waals surface area contributed by atoms with E-state index in [9.17, 15) is 4.79 Å². The zero-order valence-electron chi connectivity index (χ0n) is 10.9. The second-order valence-electron chi connectivity index (χ2n) is 5.53. The molecule has 0 aromatic heterocycles. The van der Waals surface area contributed by atoms with E-state index in [0.717, 1.165) is 38.8 Å². The highest BCUT2D eigenvalue weighted by Crippen LogP contribution is 2.24. The molecular formula is C13H24N2O2. The van der Waals surface area contributed by atoms with Gasteiger partial charge in [0.1, 0.15) is 6.10 Å². The third kappa shape index (κ3) is 2.99. The number of carbonyl (C=O) groups is 1. The predicted octanol–water partition coefficient (Wildman–Crippen LogP) is 1.14. The fourth-order valence-corrected chi connectivity index (χ4v) is 2.83. The minimum atomic E-state index is -0.183. The van der Waals surface area contributed by atoms with Gasteiger partial charge in [0.05, 0.1) is 6.10 Å². The maximum atomic E-state index is 12.2. The Kier molecular flexibility index (Phi) is 4.05. The van der Waals surface area contributed by atoms with E-state index in [4.69, 9.17) is 10.5 Å². The molecule has 3 atom stereocenters. The van der Waals surface area contributed by atoms with Crippen molar-refractivity contribution in [3.8, 4) is 0 Å². The number of piperidine rings is 1. The number of nitrogens with two attached hydrogens (primary N) is 1. The highest BCUT2D eigenvalue weighted by Gasteiger charge is 2.33. The van der Waals surface area contributed by atoms with Crippen LogP contribution in [0.3, 0.4) is 0 Å². The number of hydrogen-bond acceptors (Lipinski definition) is 3. The number of nitrogens with zero attached hydrogens (tertiary/aromatic N) is 1. The fourth-order valence-electron chi connectivity index (χ4n) is 2.83. The quantitative estimate of drug-likeness (QED) is 0.787. The van der Waals surface area contributed by atoms with Crippen LogP contribution in [-0.2, 0) is 9.53 Å². The normalized spacial score (nSPS) is 32.8. The first-order chi connectivity index (χ1) is 8.08. The third-order valence-corrected chi connectivity index (χ3v) is 4.10. The first-order valence-corrected chi connectivity index (χ1v) is 6.77. The van der Waals surface area contributed by atoms with Gasteiger partial charge in [-0.25, -0.2) is 0 Å². The van der Waals surface area contributed by atoms with Crippen molar-refractivity contribution in [1.29, 1.82) is 0 Å². The van der Waals surface area contributed by atoms with Crippen LogP contribution in [0.2, 0.25) is 0 Å². The number of rotatable bonds is 2. The lowest BCUT2D eigenvalue weighted by Gasteiger charge is -2.34. The van der Waals surface area contributed by atoms with Crippen LogP contribution in [0.4, 0.5) is 0 Å². The Balaban J connectivity index is 1.82. The first-order valence-electron chi connectivity index (χ1n) is 6.77. The smallest absolute Gasteiger partial charge is 0.251 e. The molecule has 0 bridgehead atoms. The molecule has 4 heteroatoms. The predicted molar refractivity (Wildman–Crippen MR) is 66.5 cm³/mol. The number of likely N-dealkylation sites (tertiary alicyclic amines) is 1. The zero-order valence-corrected chi connectivity index (χ0v) is 10.9. The summed E-state index contributed by atoms with van der Waals surface area (Å²) in [5.74, 6) is 0.764. The highest BCUT2D eigenvalue weighted by molar-refractivity contribution is 5.81. The van der Waals surface area contributed by atoms with Crippen LogP contribution >= 0.6 is 0 Å². The molecule has 2 saturated heterocycles. The van der Waals surface area contributed by atoms with Crippen LogP contribution in [-0.4, -0.2) is 42.1 Å². The molecule has 2 aliphatic rings. The molecule has 0 spiro atoms. The summed E-state index contributed by atoms with van der Waals surface area (Å²) < 4.78 is 5.63. The van der Waals surface area contributed by atoms with Crippen LogP contribution < -0.4 is 5.73 Å². The summed E-state index contributed by atoms with van der Waals surface area (Å²) in [6.45, 7) is 5.79. The molecule has 3 unspecified atom stereocenters. The molecule has 1 amide bonds. The molecule has 4 nitrogen and oxygen atoms in total. The third-order valence-electron chi connectivity index (χ3n) is 4.10. The summed E-state index contributed by atoms with van der Waals surface area (Å²) in [7, 11) is 0. The summed E-state index contributed by atoms with van der Waals surface area (Å²) in [5, 5.41) is 0. The molecule has 0 radical (unpaired) electrons. The van der Waals surface area contributed by atoms with Crippen LogP contribution in [0, 0.1) is 5.92 Å². The number of amides is 1. The van der Waals surface area contributed by atoms with E-state index in [1.807, 2.05) is 11.8 Å². The van der Waals surface area contributed by atoms with E-state index in [2.05, 4.69) is 6.92 Å². The van der Waals surface area contributed by atoms with Crippen LogP contribution in [0.5, 0.6) is 0 Å². The molecule has 0 aromatic rings. The average Bonchev–Trinajstić information content (AvgIpc) is 2.75. The Morgan fingerprint density at radius 2 is 1.94 bits per heavy atom. The second-order valence-corrected chi connectivity index (χ2v) is 5.53. The Morgan fingerprint density at radius 1 is 1.29 bits per heavy atom. The summed E-state index contributed by atoms with van der Waals surface area (Å²) in [5.41, 5.74) is 5.90. The molecule has 0 aromatic carbocycles. The topological polar surface area (TPSA) is 55.6 Å². The van der Waals surface area contributed by atoms with Crippen molar-refractivity contribution in [1.82, 2.24) is 4.90 Å². The Hall–Kier alpha value is -0.610. The van der Waals surface area contributed by atoms with Gasteiger partial charge in [0.2, 0.25) is 0 Å². The van der Waals surface area contributed by atoms with Gasteiger partial charge in [-0.05, 0) is 45.4 Å². The van der Waals surface area contributed by atoms with Gasteiger partial charge >= 0.3 is 0 Å². The van der Waals surface area contributed by atoms with Crippen LogP contribution in [0.15, 0.2) is 0 Å². The summed E-state index contributed by atoms with van der Waals surface area (Å²) in [6.07, 6.45) is 4.01. The average molecular weight is 240 g/mol. The van der Waals surface area contributed by atoms with Crippen molar-refractivity contribution in [2.24, 2.45) is 11.7 Å². The van der Waals surface area contributed by atoms with E-state index >= 15 is 0 Å². The summed E-state index contributed by atoms with van der Waals surface area (Å²) in [6, 6.07) is 0.245. The fraction of sp³-hybridized carbons (Fsp3) is 0.923. The monoisotopic (exact) mass is 240 g/mol. The molecule has 2 aliphatic heterocycles. The van der Waals surface area contributed by atoms with Gasteiger partial charge in [-0.1, -0.05) is 0 Å². The van der Waals surface area contributed by atoms with E-state index in [1.54, 1.807) is 0 Å². The molecule has 2 rings (SSSR count). The van der Waals surface area contributed by atoms with E-state index in [1.165, 1.54) is 0 Å². The standard InChI is InChI=1S/C13H24N2O2/c1-9-3-4-12(17-9)13(16)15-7-5-11(6-8-15)10(2)14/h9-12H,3-8,14H2,1-2H3. The van der Waals surface area contributed by atoms with E-state index in [0.29, 0.717) is 5.92 Å². The maximum absolute atomic E-state index is 12.2. The van der Waals surface area contributed by atoms with Gasteiger partial charge in [0.25, 0.3) is 5.91 Å². The number of hydrogen-bond donors (Lipinski definition) is 1. The molecule has 2 N–H and O–H groups in total.